The van der Waals surface area contributed by atoms with Gasteiger partial charge in [-0.25, -0.2) is 14.3 Å². The molecule has 0 bridgehead atoms. The quantitative estimate of drug-likeness (QED) is 0.447. The number of carbonyl (C=O) groups is 2. The third kappa shape index (κ3) is 5.13. The maximum atomic E-state index is 12.7. The van der Waals surface area contributed by atoms with Crippen molar-refractivity contribution in [3.05, 3.63) is 46.4 Å². The van der Waals surface area contributed by atoms with Crippen LogP contribution < -0.4 is 0 Å². The molecule has 27 heavy (non-hydrogen) atoms. The molecule has 0 aliphatic carbocycles. The van der Waals surface area contributed by atoms with Crippen LogP contribution in [-0.2, 0) is 20.7 Å². The number of aromatic nitrogens is 2. The zero-order valence-electron chi connectivity index (χ0n) is 15.6. The Hall–Kier alpha value is -3.23. The van der Waals surface area contributed by atoms with E-state index >= 15 is 0 Å². The van der Waals surface area contributed by atoms with Crippen molar-refractivity contribution < 1.29 is 24.0 Å². The van der Waals surface area contributed by atoms with Crippen LogP contribution in [0.2, 0.25) is 0 Å². The molecule has 9 heteroatoms. The Morgan fingerprint density at radius 3 is 2.37 bits per heavy atom. The van der Waals surface area contributed by atoms with Crippen molar-refractivity contribution in [3.63, 3.8) is 0 Å². The van der Waals surface area contributed by atoms with Gasteiger partial charge < -0.3 is 9.47 Å². The normalized spacial score (nSPS) is 11.1. The first kappa shape index (κ1) is 20.1. The average Bonchev–Trinajstić information content (AvgIpc) is 2.97. The lowest BCUT2D eigenvalue weighted by molar-refractivity contribution is -0.384. The van der Waals surface area contributed by atoms with E-state index in [0.717, 1.165) is 0 Å². The Bertz CT molecular complexity index is 849. The Morgan fingerprint density at radius 2 is 1.85 bits per heavy atom. The van der Waals surface area contributed by atoms with E-state index in [0.29, 0.717) is 11.3 Å². The number of nitrogens with zero attached hydrogens (tertiary/aromatic N) is 3. The average molecular weight is 375 g/mol. The number of nitro benzene ring substituents is 1. The van der Waals surface area contributed by atoms with Gasteiger partial charge in [0.25, 0.3) is 5.69 Å². The second-order valence-electron chi connectivity index (χ2n) is 6.66. The van der Waals surface area contributed by atoms with Crippen molar-refractivity contribution in [1.82, 2.24) is 9.55 Å². The van der Waals surface area contributed by atoms with Crippen molar-refractivity contribution in [2.45, 2.75) is 39.7 Å². The first-order valence-corrected chi connectivity index (χ1v) is 8.32. The minimum Gasteiger partial charge on any atom is -0.466 e. The third-order valence-corrected chi connectivity index (χ3v) is 3.39. The van der Waals surface area contributed by atoms with Crippen LogP contribution >= 0.6 is 0 Å². The number of nitro groups is 1. The number of benzene rings is 1. The van der Waals surface area contributed by atoms with Crippen molar-refractivity contribution >= 4 is 17.7 Å². The fourth-order valence-corrected chi connectivity index (χ4v) is 2.32. The van der Waals surface area contributed by atoms with Gasteiger partial charge in [-0.1, -0.05) is 0 Å². The van der Waals surface area contributed by atoms with E-state index in [1.807, 2.05) is 0 Å². The Balaban J connectivity index is 2.47. The third-order valence-electron chi connectivity index (χ3n) is 3.39. The minimum absolute atomic E-state index is 0.0752. The zero-order chi connectivity index (χ0) is 20.2. The van der Waals surface area contributed by atoms with E-state index in [-0.39, 0.29) is 24.5 Å². The van der Waals surface area contributed by atoms with Crippen molar-refractivity contribution in [1.29, 1.82) is 0 Å². The monoisotopic (exact) mass is 375 g/mol. The first-order chi connectivity index (χ1) is 12.6. The smallest absolute Gasteiger partial charge is 0.420 e. The molecule has 2 aromatic rings. The summed E-state index contributed by atoms with van der Waals surface area (Å²) < 4.78 is 11.5. The molecule has 0 unspecified atom stereocenters. The van der Waals surface area contributed by atoms with Crippen LogP contribution in [0.1, 0.15) is 33.5 Å². The lowest BCUT2D eigenvalue weighted by Gasteiger charge is -2.21. The van der Waals surface area contributed by atoms with Crippen LogP contribution in [0.4, 0.5) is 10.5 Å². The van der Waals surface area contributed by atoms with E-state index in [9.17, 15) is 19.7 Å². The number of esters is 1. The minimum atomic E-state index is -0.755. The molecule has 1 aromatic heterocycles. The predicted octanol–water partition coefficient (Wildman–Crippen LogP) is 3.35. The maximum Gasteiger partial charge on any atom is 0.420 e. The summed E-state index contributed by atoms with van der Waals surface area (Å²) in [6.07, 6.45) is 0.507. The molecular weight excluding hydrogens is 354 g/mol. The number of hydrogen-bond acceptors (Lipinski definition) is 7. The van der Waals surface area contributed by atoms with Crippen LogP contribution in [0.15, 0.2) is 30.5 Å². The molecule has 0 radical (unpaired) electrons. The number of carbonyl (C=O) groups excluding carboxylic acids is 2. The molecule has 0 saturated heterocycles. The molecule has 0 aliphatic heterocycles. The number of hydrogen-bond donors (Lipinski definition) is 0. The number of non-ortho nitro benzene ring substituents is 1. The molecule has 0 aliphatic rings. The molecule has 0 atom stereocenters. The van der Waals surface area contributed by atoms with Gasteiger partial charge in [0.2, 0.25) is 0 Å². The second kappa shape index (κ2) is 7.98. The summed E-state index contributed by atoms with van der Waals surface area (Å²) in [6, 6.07) is 5.66. The highest BCUT2D eigenvalue weighted by Crippen LogP contribution is 2.25. The van der Waals surface area contributed by atoms with Gasteiger partial charge in [0.15, 0.2) is 0 Å². The number of rotatable bonds is 5. The van der Waals surface area contributed by atoms with Gasteiger partial charge >= 0.3 is 12.1 Å². The Labute approximate surface area is 156 Å². The molecule has 0 amide bonds. The SMILES string of the molecule is CCOC(=O)Cc1ncc(-c2ccc([N+](=O)[O-])cc2)n1C(=O)OC(C)(C)C. The zero-order valence-corrected chi connectivity index (χ0v) is 15.6. The molecule has 0 saturated carbocycles. The summed E-state index contributed by atoms with van der Waals surface area (Å²) in [7, 11) is 0. The summed E-state index contributed by atoms with van der Waals surface area (Å²) in [4.78, 5) is 39.0. The van der Waals surface area contributed by atoms with Gasteiger partial charge in [-0.3, -0.25) is 14.9 Å². The second-order valence-corrected chi connectivity index (χ2v) is 6.66. The Kier molecular flexibility index (Phi) is 5.94. The topological polar surface area (TPSA) is 114 Å². The van der Waals surface area contributed by atoms with Crippen LogP contribution in [0.5, 0.6) is 0 Å². The van der Waals surface area contributed by atoms with Crippen molar-refractivity contribution in [3.8, 4) is 11.3 Å². The lowest BCUT2D eigenvalue weighted by Crippen LogP contribution is -2.29. The molecule has 2 rings (SSSR count). The van der Waals surface area contributed by atoms with Gasteiger partial charge in [0.05, 0.1) is 23.4 Å². The predicted molar refractivity (Wildman–Crippen MR) is 96.3 cm³/mol. The van der Waals surface area contributed by atoms with E-state index in [2.05, 4.69) is 4.98 Å². The maximum absolute atomic E-state index is 12.7. The Morgan fingerprint density at radius 1 is 1.22 bits per heavy atom. The van der Waals surface area contributed by atoms with E-state index in [1.165, 1.54) is 35.0 Å². The van der Waals surface area contributed by atoms with Crippen LogP contribution in [0, 0.1) is 10.1 Å². The number of ether oxygens (including phenoxy) is 2. The van der Waals surface area contributed by atoms with Gasteiger partial charge in [-0.15, -0.1) is 0 Å². The fourth-order valence-electron chi connectivity index (χ4n) is 2.32. The molecule has 0 fully saturated rings. The molecular formula is C18H21N3O6. The van der Waals surface area contributed by atoms with Crippen molar-refractivity contribution in [2.75, 3.05) is 6.61 Å². The first-order valence-electron chi connectivity index (χ1n) is 8.32. The summed E-state index contributed by atoms with van der Waals surface area (Å²) in [5.74, 6) is -0.362. The molecule has 144 valence electrons. The largest absolute Gasteiger partial charge is 0.466 e. The lowest BCUT2D eigenvalue weighted by atomic mass is 10.1. The van der Waals surface area contributed by atoms with E-state index < -0.39 is 22.6 Å². The summed E-state index contributed by atoms with van der Waals surface area (Å²) in [5, 5.41) is 10.8. The van der Waals surface area contributed by atoms with Gasteiger partial charge in [-0.05, 0) is 39.8 Å². The molecule has 1 aromatic carbocycles. The van der Waals surface area contributed by atoms with Crippen molar-refractivity contribution in [2.24, 2.45) is 0 Å². The molecule has 1 heterocycles. The highest BCUT2D eigenvalue weighted by Gasteiger charge is 2.25. The highest BCUT2D eigenvalue weighted by molar-refractivity contribution is 5.81. The van der Waals surface area contributed by atoms with Crippen LogP contribution in [-0.4, -0.2) is 38.7 Å². The van der Waals surface area contributed by atoms with Crippen LogP contribution in [0.25, 0.3) is 11.3 Å². The summed E-state index contributed by atoms with van der Waals surface area (Å²) in [5.41, 5.74) is 0.0521. The number of imidazole rings is 1. The summed E-state index contributed by atoms with van der Waals surface area (Å²) >= 11 is 0. The fraction of sp³-hybridized carbons (Fsp3) is 0.389. The van der Waals surface area contributed by atoms with Crippen LogP contribution in [0.3, 0.4) is 0 Å². The van der Waals surface area contributed by atoms with E-state index in [1.54, 1.807) is 27.7 Å². The van der Waals surface area contributed by atoms with Gasteiger partial charge in [-0.2, -0.15) is 0 Å². The van der Waals surface area contributed by atoms with E-state index in [4.69, 9.17) is 9.47 Å². The summed E-state index contributed by atoms with van der Waals surface area (Å²) in [6.45, 7) is 7.05. The molecule has 0 spiro atoms. The highest BCUT2D eigenvalue weighted by atomic mass is 16.6. The van der Waals surface area contributed by atoms with Gasteiger partial charge in [0, 0.05) is 17.7 Å². The standard InChI is InChI=1S/C18H21N3O6/c1-5-26-16(22)10-15-19-11-14(20(15)17(23)27-18(2,3)4)12-6-8-13(9-7-12)21(24)25/h6-9,11H,5,10H2,1-4H3. The molecule has 9 nitrogen and oxygen atoms in total. The van der Waals surface area contributed by atoms with Gasteiger partial charge in [0.1, 0.15) is 17.8 Å². The molecule has 0 N–H and O–H groups in total.